The van der Waals surface area contributed by atoms with Crippen molar-refractivity contribution in [1.29, 1.82) is 0 Å². The second-order valence-electron chi connectivity index (χ2n) is 4.15. The van der Waals surface area contributed by atoms with E-state index < -0.39 is 18.2 Å². The predicted octanol–water partition coefficient (Wildman–Crippen LogP) is 3.68. The lowest BCUT2D eigenvalue weighted by Gasteiger charge is -2.15. The Morgan fingerprint density at radius 3 is 2.25 bits per heavy atom. The van der Waals surface area contributed by atoms with E-state index >= 15 is 0 Å². The normalized spacial score (nSPS) is 13.2. The molecule has 3 N–H and O–H groups in total. The summed E-state index contributed by atoms with van der Waals surface area (Å²) in [5.74, 6) is -1.03. The number of alkyl halides is 3. The number of benzene rings is 1. The van der Waals surface area contributed by atoms with Gasteiger partial charge in [-0.1, -0.05) is 24.3 Å². The number of rotatable bonds is 3. The molecular formula is C13H10F3NO2S. The summed E-state index contributed by atoms with van der Waals surface area (Å²) in [5, 5.41) is 10.5. The van der Waals surface area contributed by atoms with Gasteiger partial charge in [-0.15, -0.1) is 11.3 Å². The van der Waals surface area contributed by atoms with Gasteiger partial charge in [0.1, 0.15) is 10.9 Å². The highest BCUT2D eigenvalue weighted by Gasteiger charge is 2.37. The summed E-state index contributed by atoms with van der Waals surface area (Å²) in [6.45, 7) is 0. The predicted molar refractivity (Wildman–Crippen MR) is 69.7 cm³/mol. The van der Waals surface area contributed by atoms with Crippen LogP contribution in [0.2, 0.25) is 0 Å². The molecule has 106 valence electrons. The van der Waals surface area contributed by atoms with Crippen molar-refractivity contribution in [2.75, 3.05) is 0 Å². The zero-order valence-electron chi connectivity index (χ0n) is 10.0. The fraction of sp³-hybridized carbons (Fsp3) is 0.154. The summed E-state index contributed by atoms with van der Waals surface area (Å²) in [7, 11) is 0. The van der Waals surface area contributed by atoms with Crippen LogP contribution in [0.15, 0.2) is 35.7 Å². The molecule has 0 radical (unpaired) electrons. The Labute approximate surface area is 116 Å². The van der Waals surface area contributed by atoms with E-state index in [4.69, 9.17) is 10.8 Å². The van der Waals surface area contributed by atoms with Crippen LogP contribution in [-0.4, -0.2) is 17.3 Å². The first kappa shape index (κ1) is 14.5. The monoisotopic (exact) mass is 301 g/mol. The number of aromatic carboxylic acids is 1. The molecule has 0 spiro atoms. The van der Waals surface area contributed by atoms with Crippen molar-refractivity contribution < 1.29 is 23.1 Å². The molecule has 1 heterocycles. The van der Waals surface area contributed by atoms with Crippen LogP contribution in [0.4, 0.5) is 13.2 Å². The van der Waals surface area contributed by atoms with Gasteiger partial charge in [0.25, 0.3) is 0 Å². The van der Waals surface area contributed by atoms with E-state index in [1.54, 1.807) is 5.38 Å². The topological polar surface area (TPSA) is 63.3 Å². The standard InChI is InChI=1S/C13H10F3NO2S/c14-13(15,16)11(17)8-3-1-7(2-4-8)9-5-10(12(18)19)20-6-9/h1-6,11H,17H2,(H,18,19)/t11-/m0/s1. The highest BCUT2D eigenvalue weighted by Crippen LogP contribution is 2.32. The molecule has 2 rings (SSSR count). The van der Waals surface area contributed by atoms with Crippen molar-refractivity contribution in [3.8, 4) is 11.1 Å². The molecular weight excluding hydrogens is 291 g/mol. The van der Waals surface area contributed by atoms with Crippen LogP contribution >= 0.6 is 11.3 Å². The molecule has 0 unspecified atom stereocenters. The Bertz CT molecular complexity index is 619. The summed E-state index contributed by atoms with van der Waals surface area (Å²) < 4.78 is 37.4. The minimum absolute atomic E-state index is 0.0325. The molecule has 3 nitrogen and oxygen atoms in total. The van der Waals surface area contributed by atoms with E-state index in [0.717, 1.165) is 11.3 Å². The molecule has 0 aliphatic rings. The Kier molecular flexibility index (Phi) is 3.82. The van der Waals surface area contributed by atoms with Gasteiger partial charge in [-0.2, -0.15) is 13.2 Å². The van der Waals surface area contributed by atoms with E-state index in [1.165, 1.54) is 30.3 Å². The Morgan fingerprint density at radius 1 is 1.20 bits per heavy atom. The highest BCUT2D eigenvalue weighted by atomic mass is 32.1. The lowest BCUT2D eigenvalue weighted by molar-refractivity contribution is -0.149. The molecule has 1 aromatic carbocycles. The maximum atomic E-state index is 12.5. The lowest BCUT2D eigenvalue weighted by Crippen LogP contribution is -2.28. The van der Waals surface area contributed by atoms with Crippen LogP contribution < -0.4 is 5.73 Å². The maximum absolute atomic E-state index is 12.5. The number of carboxylic acids is 1. The van der Waals surface area contributed by atoms with E-state index in [-0.39, 0.29) is 10.4 Å². The van der Waals surface area contributed by atoms with Crippen molar-refractivity contribution in [1.82, 2.24) is 0 Å². The van der Waals surface area contributed by atoms with Gasteiger partial charge < -0.3 is 10.8 Å². The van der Waals surface area contributed by atoms with Gasteiger partial charge in [-0.05, 0) is 28.1 Å². The van der Waals surface area contributed by atoms with Crippen molar-refractivity contribution in [3.63, 3.8) is 0 Å². The number of nitrogens with two attached hydrogens (primary N) is 1. The molecule has 2 aromatic rings. The Balaban J connectivity index is 2.25. The summed E-state index contributed by atoms with van der Waals surface area (Å²) in [5.41, 5.74) is 6.37. The molecule has 20 heavy (non-hydrogen) atoms. The smallest absolute Gasteiger partial charge is 0.407 e. The first-order valence-corrected chi connectivity index (χ1v) is 6.41. The van der Waals surface area contributed by atoms with Gasteiger partial charge in [0.15, 0.2) is 0 Å². The van der Waals surface area contributed by atoms with E-state index in [2.05, 4.69) is 0 Å². The third kappa shape index (κ3) is 3.00. The maximum Gasteiger partial charge on any atom is 0.407 e. The second kappa shape index (κ2) is 5.26. The minimum atomic E-state index is -4.49. The average molecular weight is 301 g/mol. The van der Waals surface area contributed by atoms with Crippen molar-refractivity contribution in [3.05, 3.63) is 46.2 Å². The second-order valence-corrected chi connectivity index (χ2v) is 5.06. The average Bonchev–Trinajstić information content (AvgIpc) is 2.86. The van der Waals surface area contributed by atoms with Crippen LogP contribution in [0.1, 0.15) is 21.3 Å². The minimum Gasteiger partial charge on any atom is -0.477 e. The molecule has 0 saturated carbocycles. The summed E-state index contributed by atoms with van der Waals surface area (Å²) in [6.07, 6.45) is -4.49. The number of carbonyl (C=O) groups is 1. The summed E-state index contributed by atoms with van der Waals surface area (Å²) in [6, 6.07) is 5.04. The molecule has 1 atom stereocenters. The number of carboxylic acid groups (broad SMARTS) is 1. The largest absolute Gasteiger partial charge is 0.477 e. The molecule has 0 bridgehead atoms. The van der Waals surface area contributed by atoms with Crippen molar-refractivity contribution in [2.45, 2.75) is 12.2 Å². The number of thiophene rings is 1. The van der Waals surface area contributed by atoms with Crippen molar-refractivity contribution in [2.24, 2.45) is 5.73 Å². The van der Waals surface area contributed by atoms with Crippen LogP contribution in [0.5, 0.6) is 0 Å². The van der Waals surface area contributed by atoms with Gasteiger partial charge in [0, 0.05) is 0 Å². The lowest BCUT2D eigenvalue weighted by atomic mass is 10.0. The van der Waals surface area contributed by atoms with Crippen LogP contribution in [0, 0.1) is 0 Å². The van der Waals surface area contributed by atoms with E-state index in [0.29, 0.717) is 11.1 Å². The molecule has 7 heteroatoms. The third-order valence-corrected chi connectivity index (χ3v) is 3.68. The number of halogens is 3. The van der Waals surface area contributed by atoms with Gasteiger partial charge >= 0.3 is 12.1 Å². The quantitative estimate of drug-likeness (QED) is 0.909. The van der Waals surface area contributed by atoms with Gasteiger partial charge in [0.05, 0.1) is 0 Å². The Morgan fingerprint density at radius 2 is 1.80 bits per heavy atom. The molecule has 0 fully saturated rings. The fourth-order valence-electron chi connectivity index (χ4n) is 1.67. The molecule has 0 aliphatic carbocycles. The zero-order valence-corrected chi connectivity index (χ0v) is 10.8. The summed E-state index contributed by atoms with van der Waals surface area (Å²) in [4.78, 5) is 10.9. The van der Waals surface area contributed by atoms with Crippen molar-refractivity contribution >= 4 is 17.3 Å². The van der Waals surface area contributed by atoms with E-state index in [1.807, 2.05) is 0 Å². The van der Waals surface area contributed by atoms with Gasteiger partial charge in [-0.25, -0.2) is 4.79 Å². The molecule has 0 saturated heterocycles. The molecule has 1 aromatic heterocycles. The van der Waals surface area contributed by atoms with Crippen LogP contribution in [0.3, 0.4) is 0 Å². The van der Waals surface area contributed by atoms with Crippen LogP contribution in [-0.2, 0) is 0 Å². The van der Waals surface area contributed by atoms with Crippen LogP contribution in [0.25, 0.3) is 11.1 Å². The molecule has 0 amide bonds. The van der Waals surface area contributed by atoms with Gasteiger partial charge in [-0.3, -0.25) is 0 Å². The third-order valence-electron chi connectivity index (χ3n) is 2.77. The number of hydrogen-bond donors (Lipinski definition) is 2. The van der Waals surface area contributed by atoms with E-state index in [9.17, 15) is 18.0 Å². The molecule has 0 aliphatic heterocycles. The number of hydrogen-bond acceptors (Lipinski definition) is 3. The fourth-order valence-corrected chi connectivity index (χ4v) is 2.43. The Hall–Kier alpha value is -1.86. The first-order chi connectivity index (χ1) is 9.29. The SMILES string of the molecule is N[C@@H](c1ccc(-c2csc(C(=O)O)c2)cc1)C(F)(F)F. The first-order valence-electron chi connectivity index (χ1n) is 5.53. The zero-order chi connectivity index (χ0) is 14.9. The highest BCUT2D eigenvalue weighted by molar-refractivity contribution is 7.12. The van der Waals surface area contributed by atoms with Gasteiger partial charge in [0.2, 0.25) is 0 Å². The summed E-state index contributed by atoms with van der Waals surface area (Å²) >= 11 is 1.06.